The molecule has 0 rings (SSSR count). The Labute approximate surface area is 216 Å². The van der Waals surface area contributed by atoms with Gasteiger partial charge in [-0.2, -0.15) is 0 Å². The van der Waals surface area contributed by atoms with E-state index in [0.29, 0.717) is 39.6 Å². The molecule has 2 unspecified atom stereocenters. The zero-order valence-corrected chi connectivity index (χ0v) is 23.2. The molecule has 0 aliphatic rings. The van der Waals surface area contributed by atoms with E-state index < -0.39 is 18.1 Å². The maximum atomic E-state index is 11.2. The number of rotatable bonds is 16. The third-order valence-corrected chi connectivity index (χ3v) is 3.32. The zero-order valence-electron chi connectivity index (χ0n) is 23.2. The summed E-state index contributed by atoms with van der Waals surface area (Å²) >= 11 is 0. The molecule has 0 fully saturated rings. The third kappa shape index (κ3) is 39.2. The molecule has 0 aromatic heterocycles. The van der Waals surface area contributed by atoms with Crippen LogP contribution >= 0.6 is 0 Å². The van der Waals surface area contributed by atoms with E-state index in [9.17, 15) is 14.4 Å². The summed E-state index contributed by atoms with van der Waals surface area (Å²) in [4.78, 5) is 31.9. The largest absolute Gasteiger partial charge is 0.464 e. The van der Waals surface area contributed by atoms with Crippen molar-refractivity contribution in [3.8, 4) is 0 Å². The van der Waals surface area contributed by atoms with Gasteiger partial charge < -0.3 is 56.7 Å². The summed E-state index contributed by atoms with van der Waals surface area (Å²) in [5.41, 5.74) is 5.43. The highest BCUT2D eigenvalue weighted by molar-refractivity contribution is 5.68. The number of methoxy groups -OCH3 is 3. The molecule has 13 heteroatoms. The predicted octanol–water partition coefficient (Wildman–Crippen LogP) is 0.562. The molecule has 0 bridgehead atoms. The van der Waals surface area contributed by atoms with Gasteiger partial charge in [0.15, 0.2) is 0 Å². The average Bonchev–Trinajstić information content (AvgIpc) is 2.80. The molecule has 0 aliphatic carbocycles. The van der Waals surface area contributed by atoms with Crippen molar-refractivity contribution in [2.24, 2.45) is 11.7 Å². The van der Waals surface area contributed by atoms with Crippen LogP contribution in [0.5, 0.6) is 0 Å². The Morgan fingerprint density at radius 3 is 1.67 bits per heavy atom. The lowest BCUT2D eigenvalue weighted by Crippen LogP contribution is -2.41. The first-order valence-corrected chi connectivity index (χ1v) is 11.1. The van der Waals surface area contributed by atoms with Crippen LogP contribution in [-0.4, -0.2) is 116 Å². The van der Waals surface area contributed by atoms with Gasteiger partial charge in [-0.25, -0.2) is 4.79 Å². The van der Waals surface area contributed by atoms with Crippen LogP contribution in [-0.2, 0) is 42.7 Å². The van der Waals surface area contributed by atoms with Gasteiger partial charge in [-0.1, -0.05) is 13.8 Å². The molecule has 2 atom stereocenters. The van der Waals surface area contributed by atoms with E-state index in [0.717, 1.165) is 0 Å². The number of nitrogens with two attached hydrogens (primary N) is 1. The van der Waals surface area contributed by atoms with Crippen LogP contribution in [0, 0.1) is 13.3 Å². The van der Waals surface area contributed by atoms with E-state index in [4.69, 9.17) is 34.5 Å². The Morgan fingerprint density at radius 1 is 0.778 bits per heavy atom. The number of aliphatic hydroxyl groups excluding tert-OH is 1. The van der Waals surface area contributed by atoms with Gasteiger partial charge in [0.1, 0.15) is 13.2 Å². The zero-order chi connectivity index (χ0) is 27.5. The van der Waals surface area contributed by atoms with Crippen molar-refractivity contribution in [1.82, 2.24) is 5.32 Å². The number of hydrogen-bond acceptors (Lipinski definition) is 12. The number of hydrogen-bond donors (Lipinski definition) is 3. The number of amides is 1. The van der Waals surface area contributed by atoms with Crippen molar-refractivity contribution in [2.75, 3.05) is 80.8 Å². The lowest BCUT2D eigenvalue weighted by atomic mass is 10.2. The van der Waals surface area contributed by atoms with E-state index >= 15 is 0 Å². The van der Waals surface area contributed by atoms with Gasteiger partial charge in [0, 0.05) is 35.2 Å². The first-order valence-electron chi connectivity index (χ1n) is 11.1. The van der Waals surface area contributed by atoms with Crippen molar-refractivity contribution < 1.29 is 52.6 Å². The number of alkyl carbamates (subject to hydrolysis) is 1. The molecule has 218 valence electrons. The van der Waals surface area contributed by atoms with Crippen LogP contribution in [0.1, 0.15) is 27.7 Å². The summed E-state index contributed by atoms with van der Waals surface area (Å²) in [6, 6.07) is -0.850. The lowest BCUT2D eigenvalue weighted by Gasteiger charge is -2.16. The van der Waals surface area contributed by atoms with E-state index in [1.165, 1.54) is 13.8 Å². The number of carbonyl (C=O) groups excluding carboxylic acids is 3. The number of carbonyl (C=O) groups is 3. The highest BCUT2D eigenvalue weighted by Gasteiger charge is 2.13. The molecule has 13 nitrogen and oxygen atoms in total. The summed E-state index contributed by atoms with van der Waals surface area (Å²) in [7, 11) is 4.85. The molecular weight excluding hydrogens is 480 g/mol. The number of esters is 2. The summed E-state index contributed by atoms with van der Waals surface area (Å²) < 4.78 is 33.4. The fourth-order valence-electron chi connectivity index (χ4n) is 1.68. The SMILES string of the molecule is CC(=O)OCC(CO)NC(=O)OCC(C)C.COCC(N)COC(C)=O.COCCOCCOC.[CH3-]. The van der Waals surface area contributed by atoms with Crippen LogP contribution in [0.3, 0.4) is 0 Å². The average molecular weight is 530 g/mol. The van der Waals surface area contributed by atoms with Crippen molar-refractivity contribution >= 4 is 18.0 Å². The van der Waals surface area contributed by atoms with Gasteiger partial charge in [0.05, 0.1) is 58.3 Å². The van der Waals surface area contributed by atoms with Gasteiger partial charge in [0.2, 0.25) is 0 Å². The molecule has 0 spiro atoms. The van der Waals surface area contributed by atoms with Crippen LogP contribution in [0.15, 0.2) is 0 Å². The maximum Gasteiger partial charge on any atom is 0.407 e. The van der Waals surface area contributed by atoms with Crippen LogP contribution < -0.4 is 11.1 Å². The van der Waals surface area contributed by atoms with Crippen LogP contribution in [0.25, 0.3) is 0 Å². The van der Waals surface area contributed by atoms with Crippen molar-refractivity contribution in [3.05, 3.63) is 7.43 Å². The fraction of sp³-hybridized carbons (Fsp3) is 0.826. The van der Waals surface area contributed by atoms with E-state index in [1.54, 1.807) is 21.3 Å². The van der Waals surface area contributed by atoms with Gasteiger partial charge in [0.25, 0.3) is 0 Å². The van der Waals surface area contributed by atoms with Crippen LogP contribution in [0.4, 0.5) is 4.79 Å². The standard InChI is InChI=1S/C10H19NO5.C6H13NO3.C6H14O3.CH3/c1-7(2)5-16-10(14)11-9(4-12)6-15-8(3)13;1-5(8)10-4-6(7)3-9-2;1-7-3-5-9-6-4-8-2;/h7,9,12H,4-6H2,1-3H3,(H,11,14);6H,3-4,7H2,1-2H3;3-6H2,1-2H3;1H3/q;;;-1. The summed E-state index contributed by atoms with van der Waals surface area (Å²) in [5.74, 6) is -0.533. The van der Waals surface area contributed by atoms with Crippen LogP contribution in [0.2, 0.25) is 0 Å². The van der Waals surface area contributed by atoms with Gasteiger partial charge in [-0.05, 0) is 5.92 Å². The van der Waals surface area contributed by atoms with E-state index in [1.807, 2.05) is 13.8 Å². The smallest absolute Gasteiger partial charge is 0.407 e. The molecule has 1 amide bonds. The minimum absolute atomic E-state index is 0. The van der Waals surface area contributed by atoms with Crippen molar-refractivity contribution in [3.63, 3.8) is 0 Å². The highest BCUT2D eigenvalue weighted by Crippen LogP contribution is 1.94. The van der Waals surface area contributed by atoms with Crippen molar-refractivity contribution in [1.29, 1.82) is 0 Å². The third-order valence-electron chi connectivity index (χ3n) is 3.32. The second-order valence-electron chi connectivity index (χ2n) is 7.43. The Bertz CT molecular complexity index is 502. The maximum absolute atomic E-state index is 11.2. The second-order valence-corrected chi connectivity index (χ2v) is 7.43. The first kappa shape index (κ1) is 41.1. The summed E-state index contributed by atoms with van der Waals surface area (Å²) in [6.07, 6.45) is -0.625. The summed E-state index contributed by atoms with van der Waals surface area (Å²) in [6.45, 7) is 9.60. The normalized spacial score (nSPS) is 11.4. The molecule has 0 radical (unpaired) electrons. The first-order chi connectivity index (χ1) is 16.5. The quantitative estimate of drug-likeness (QED) is 0.110. The minimum atomic E-state index is -0.636. The Hall–Kier alpha value is -2.03. The topological polar surface area (TPSA) is 174 Å². The molecule has 0 aromatic rings. The Morgan fingerprint density at radius 2 is 1.28 bits per heavy atom. The second kappa shape index (κ2) is 31.0. The van der Waals surface area contributed by atoms with Gasteiger partial charge in [-0.15, -0.1) is 0 Å². The lowest BCUT2D eigenvalue weighted by molar-refractivity contribution is -0.142. The van der Waals surface area contributed by atoms with Crippen molar-refractivity contribution in [2.45, 2.75) is 39.8 Å². The molecule has 4 N–H and O–H groups in total. The minimum Gasteiger partial charge on any atom is -0.464 e. The molecular formula is C23H49N2O11-. The van der Waals surface area contributed by atoms with Gasteiger partial charge in [-0.3, -0.25) is 9.59 Å². The number of nitrogens with one attached hydrogen (secondary N) is 1. The fourth-order valence-corrected chi connectivity index (χ4v) is 1.68. The van der Waals surface area contributed by atoms with Gasteiger partial charge >= 0.3 is 18.0 Å². The summed E-state index contributed by atoms with van der Waals surface area (Å²) in [5, 5.41) is 11.3. The Kier molecular flexibility index (Phi) is 35.4. The molecule has 0 heterocycles. The molecule has 0 saturated carbocycles. The molecule has 0 saturated heterocycles. The monoisotopic (exact) mass is 529 g/mol. The molecule has 36 heavy (non-hydrogen) atoms. The molecule has 0 aliphatic heterocycles. The Balaban J connectivity index is -0.000000223. The number of ether oxygens (including phenoxy) is 7. The highest BCUT2D eigenvalue weighted by atomic mass is 16.6. The van der Waals surface area contributed by atoms with E-state index in [-0.39, 0.29) is 45.2 Å². The molecule has 0 aromatic carbocycles. The number of aliphatic hydroxyl groups is 1. The predicted molar refractivity (Wildman–Crippen MR) is 134 cm³/mol. The van der Waals surface area contributed by atoms with E-state index in [2.05, 4.69) is 14.8 Å².